The molecule has 0 radical (unpaired) electrons. The molecule has 0 saturated carbocycles. The maximum atomic E-state index is 15.2. The van der Waals surface area contributed by atoms with Gasteiger partial charge in [-0.3, -0.25) is 4.79 Å². The number of piperazine rings is 1. The Labute approximate surface area is 259 Å². The molecule has 2 aliphatic heterocycles. The Bertz CT molecular complexity index is 1810. The van der Waals surface area contributed by atoms with Gasteiger partial charge in [0.15, 0.2) is 11.7 Å². The minimum Gasteiger partial charge on any atom is -0.465 e. The summed E-state index contributed by atoms with van der Waals surface area (Å²) in [5.41, 5.74) is 7.97. The number of amidine groups is 1. The number of hydrogen-bond acceptors (Lipinski definition) is 7. The van der Waals surface area contributed by atoms with Crippen LogP contribution in [0.25, 0.3) is 11.3 Å². The van der Waals surface area contributed by atoms with Crippen LogP contribution in [0.3, 0.4) is 0 Å². The predicted molar refractivity (Wildman–Crippen MR) is 168 cm³/mol. The van der Waals surface area contributed by atoms with E-state index in [9.17, 15) is 23.1 Å². The molecule has 0 spiro atoms. The molecule has 3 N–H and O–H groups in total. The van der Waals surface area contributed by atoms with Crippen LogP contribution in [0.2, 0.25) is 5.02 Å². The number of anilines is 3. The lowest BCUT2D eigenvalue weighted by Gasteiger charge is -2.45. The van der Waals surface area contributed by atoms with Crippen molar-refractivity contribution < 1.29 is 27.5 Å². The number of aromatic nitrogens is 1. The third kappa shape index (κ3) is 5.23. The summed E-state index contributed by atoms with van der Waals surface area (Å²) < 4.78 is 49.0. The van der Waals surface area contributed by atoms with E-state index in [2.05, 4.69) is 9.38 Å². The number of fused-ring (bicyclic) bond motifs is 1. The van der Waals surface area contributed by atoms with E-state index >= 15 is 4.39 Å². The quantitative estimate of drug-likeness (QED) is 0.277. The minimum atomic E-state index is -4.56. The first kappa shape index (κ1) is 31.2. The zero-order valence-corrected chi connectivity index (χ0v) is 26.3. The van der Waals surface area contributed by atoms with E-state index in [-0.39, 0.29) is 63.9 Å². The molecule has 44 heavy (non-hydrogen) atoms. The van der Waals surface area contributed by atoms with Crippen LogP contribution >= 0.6 is 11.6 Å². The maximum absolute atomic E-state index is 15.2. The van der Waals surface area contributed by atoms with Gasteiger partial charge in [0.2, 0.25) is 0 Å². The van der Waals surface area contributed by atoms with Gasteiger partial charge in [-0.15, -0.1) is 4.40 Å². The largest absolute Gasteiger partial charge is 0.465 e. The number of nitrogens with two attached hydrogens (primary N) is 1. The van der Waals surface area contributed by atoms with E-state index in [1.807, 2.05) is 13.8 Å². The molecule has 1 saturated heterocycles. The number of carbonyl (C=O) groups is 2. The molecule has 2 aliphatic rings. The van der Waals surface area contributed by atoms with Crippen LogP contribution in [0.5, 0.6) is 0 Å². The van der Waals surface area contributed by atoms with Crippen LogP contribution in [0.4, 0.5) is 26.4 Å². The van der Waals surface area contributed by atoms with Crippen molar-refractivity contribution in [1.82, 2.24) is 14.8 Å². The minimum absolute atomic E-state index is 0.00878. The fraction of sp³-hybridized carbons (Fsp3) is 0.333. The third-order valence-electron chi connectivity index (χ3n) is 7.92. The van der Waals surface area contributed by atoms with Crippen LogP contribution in [0.15, 0.2) is 40.8 Å². The number of benzene rings is 2. The van der Waals surface area contributed by atoms with Crippen LogP contribution < -0.4 is 10.0 Å². The topological polar surface area (TPSA) is 150 Å². The average Bonchev–Trinajstić information content (AvgIpc) is 2.94. The van der Waals surface area contributed by atoms with Crippen molar-refractivity contribution in [2.45, 2.75) is 52.6 Å². The van der Waals surface area contributed by atoms with E-state index in [1.54, 1.807) is 37.8 Å². The molecule has 5 rings (SSSR count). The highest BCUT2D eigenvalue weighted by molar-refractivity contribution is 7.92. The van der Waals surface area contributed by atoms with E-state index in [1.165, 1.54) is 29.2 Å². The Balaban J connectivity index is 1.83. The zero-order valence-electron chi connectivity index (χ0n) is 24.7. The smallest absolute Gasteiger partial charge is 0.407 e. The molecule has 14 heteroatoms. The standard InChI is InChI=1S/C30H32ClFN6O5S/c1-15(2)20-10-19(14-39)9-16(3)27(20)38-28-21(11-22(31)26(34-28)25-23(32)7-6-8-24(25)33)29(35-44(38,42)43)36-12-18(5)37(30(40)41)13-17(36)4/h6-11,14-15,17-18H,12-13,33H2,1-5H3,(H,40,41)/t17-,18+/m0/s1. The van der Waals surface area contributed by atoms with Gasteiger partial charge in [-0.1, -0.05) is 31.5 Å². The highest BCUT2D eigenvalue weighted by Crippen LogP contribution is 2.45. The molecule has 2 aromatic carbocycles. The first-order valence-corrected chi connectivity index (χ1v) is 15.7. The molecular formula is C30H32ClFN6O5S. The monoisotopic (exact) mass is 642 g/mol. The Morgan fingerprint density at radius 1 is 1.18 bits per heavy atom. The first-order chi connectivity index (χ1) is 20.7. The van der Waals surface area contributed by atoms with Crippen LogP contribution in [-0.4, -0.2) is 71.7 Å². The van der Waals surface area contributed by atoms with Gasteiger partial charge in [-0.2, -0.15) is 8.42 Å². The van der Waals surface area contributed by atoms with Gasteiger partial charge in [-0.25, -0.2) is 18.5 Å². The summed E-state index contributed by atoms with van der Waals surface area (Å²) in [5.74, 6) is -0.954. The van der Waals surface area contributed by atoms with E-state index < -0.39 is 34.2 Å². The van der Waals surface area contributed by atoms with Crippen molar-refractivity contribution in [3.8, 4) is 11.3 Å². The SMILES string of the molecule is Cc1cc(C=O)cc(C(C)C)c1N1c2nc(-c3c(N)cccc3F)c(Cl)cc2C(N2C[C@@H](C)N(C(=O)O)C[C@@H]2C)=NS1(=O)=O. The predicted octanol–water partition coefficient (Wildman–Crippen LogP) is 5.58. The highest BCUT2D eigenvalue weighted by Gasteiger charge is 2.42. The molecular weight excluding hydrogens is 611 g/mol. The van der Waals surface area contributed by atoms with E-state index in [0.717, 1.165) is 4.31 Å². The number of amides is 1. The van der Waals surface area contributed by atoms with Gasteiger partial charge in [0.25, 0.3) is 0 Å². The maximum Gasteiger partial charge on any atom is 0.407 e. The molecule has 232 valence electrons. The Hall–Kier alpha value is -4.23. The van der Waals surface area contributed by atoms with Crippen LogP contribution in [0.1, 0.15) is 60.7 Å². The highest BCUT2D eigenvalue weighted by atomic mass is 35.5. The van der Waals surface area contributed by atoms with Crippen molar-refractivity contribution in [3.05, 3.63) is 69.5 Å². The number of halogens is 2. The second-order valence-corrected chi connectivity index (χ2v) is 13.2. The number of pyridine rings is 1. The summed E-state index contributed by atoms with van der Waals surface area (Å²) in [6.07, 6.45) is -0.394. The van der Waals surface area contributed by atoms with Gasteiger partial charge in [-0.05, 0) is 68.1 Å². The van der Waals surface area contributed by atoms with Gasteiger partial charge < -0.3 is 20.6 Å². The second kappa shape index (κ2) is 11.4. The molecule has 0 unspecified atom stereocenters. The van der Waals surface area contributed by atoms with Crippen LogP contribution in [-0.2, 0) is 10.2 Å². The summed E-state index contributed by atoms with van der Waals surface area (Å²) in [5, 5.41) is 9.67. The number of carbonyl (C=O) groups excluding carboxylic acids is 1. The first-order valence-electron chi connectivity index (χ1n) is 13.9. The molecule has 1 aromatic heterocycles. The summed E-state index contributed by atoms with van der Waals surface area (Å²) >= 11 is 6.74. The number of carboxylic acid groups (broad SMARTS) is 1. The lowest BCUT2D eigenvalue weighted by Crippen LogP contribution is -2.60. The molecule has 1 fully saturated rings. The number of hydrogen-bond donors (Lipinski definition) is 2. The van der Waals surface area contributed by atoms with E-state index in [4.69, 9.17) is 17.3 Å². The number of nitrogens with zero attached hydrogens (tertiary/aromatic N) is 5. The summed E-state index contributed by atoms with van der Waals surface area (Å²) in [6.45, 7) is 9.15. The molecule has 0 bridgehead atoms. The van der Waals surface area contributed by atoms with Crippen molar-refractivity contribution >= 4 is 57.2 Å². The van der Waals surface area contributed by atoms with Gasteiger partial charge in [0.1, 0.15) is 12.1 Å². The lowest BCUT2D eigenvalue weighted by atomic mass is 9.95. The van der Waals surface area contributed by atoms with Gasteiger partial charge in [0, 0.05) is 36.4 Å². The summed E-state index contributed by atoms with van der Waals surface area (Å²) in [4.78, 5) is 31.2. The Morgan fingerprint density at radius 3 is 2.50 bits per heavy atom. The Morgan fingerprint density at radius 2 is 1.89 bits per heavy atom. The second-order valence-electron chi connectivity index (χ2n) is 11.4. The van der Waals surface area contributed by atoms with E-state index in [0.29, 0.717) is 23.0 Å². The van der Waals surface area contributed by atoms with Gasteiger partial charge in [0.05, 0.1) is 27.5 Å². The fourth-order valence-electron chi connectivity index (χ4n) is 5.81. The zero-order chi connectivity index (χ0) is 32.2. The molecule has 0 aliphatic carbocycles. The van der Waals surface area contributed by atoms with Crippen molar-refractivity contribution in [2.24, 2.45) is 4.40 Å². The number of aryl methyl sites for hydroxylation is 1. The van der Waals surface area contributed by atoms with Gasteiger partial charge >= 0.3 is 16.3 Å². The van der Waals surface area contributed by atoms with Crippen molar-refractivity contribution in [3.63, 3.8) is 0 Å². The fourth-order valence-corrected chi connectivity index (χ4v) is 7.40. The molecule has 3 aromatic rings. The molecule has 2 atom stereocenters. The molecule has 11 nitrogen and oxygen atoms in total. The number of aldehydes is 1. The summed E-state index contributed by atoms with van der Waals surface area (Å²) in [6, 6.07) is 7.86. The average molecular weight is 643 g/mol. The number of nitrogen functional groups attached to an aromatic ring is 1. The summed E-state index contributed by atoms with van der Waals surface area (Å²) in [7, 11) is -4.56. The lowest BCUT2D eigenvalue weighted by molar-refractivity contribution is 0.0751. The van der Waals surface area contributed by atoms with Crippen LogP contribution in [0, 0.1) is 12.7 Å². The third-order valence-corrected chi connectivity index (χ3v) is 9.43. The number of rotatable bonds is 4. The normalized spacial score (nSPS) is 19.5. The van der Waals surface area contributed by atoms with Crippen molar-refractivity contribution in [1.29, 1.82) is 0 Å². The molecule has 1 amide bonds. The van der Waals surface area contributed by atoms with Crippen molar-refractivity contribution in [2.75, 3.05) is 23.1 Å². The Kier molecular flexibility index (Phi) is 8.06. The molecule has 3 heterocycles.